The van der Waals surface area contributed by atoms with Crippen LogP contribution in [0.25, 0.3) is 0 Å². The lowest BCUT2D eigenvalue weighted by atomic mass is 9.99. The summed E-state index contributed by atoms with van der Waals surface area (Å²) in [5.74, 6) is -0.614. The fourth-order valence-corrected chi connectivity index (χ4v) is 1.78. The number of ether oxygens (including phenoxy) is 1. The Morgan fingerprint density at radius 2 is 2.35 bits per heavy atom. The van der Waals surface area contributed by atoms with Gasteiger partial charge in [-0.15, -0.1) is 0 Å². The average Bonchev–Trinajstić information content (AvgIpc) is 3.13. The van der Waals surface area contributed by atoms with Crippen LogP contribution in [0.15, 0.2) is 24.3 Å². The highest BCUT2D eigenvalue weighted by Gasteiger charge is 2.25. The van der Waals surface area contributed by atoms with Crippen molar-refractivity contribution in [2.45, 2.75) is 24.8 Å². The van der Waals surface area contributed by atoms with Crippen molar-refractivity contribution in [3.05, 3.63) is 29.8 Å². The van der Waals surface area contributed by atoms with Gasteiger partial charge in [-0.3, -0.25) is 4.79 Å². The fourth-order valence-electron chi connectivity index (χ4n) is 1.78. The van der Waals surface area contributed by atoms with Crippen LogP contribution in [0, 0.1) is 0 Å². The van der Waals surface area contributed by atoms with Gasteiger partial charge in [-0.1, -0.05) is 12.1 Å². The molecule has 2 N–H and O–H groups in total. The third-order valence-electron chi connectivity index (χ3n) is 2.98. The molecule has 0 spiro atoms. The molecule has 0 radical (unpaired) electrons. The van der Waals surface area contributed by atoms with E-state index in [-0.39, 0.29) is 0 Å². The minimum absolute atomic E-state index is 0.479. The first-order valence-electron chi connectivity index (χ1n) is 5.81. The van der Waals surface area contributed by atoms with Gasteiger partial charge in [0.2, 0.25) is 0 Å². The molecule has 1 saturated carbocycles. The van der Waals surface area contributed by atoms with Crippen molar-refractivity contribution in [1.82, 2.24) is 5.32 Å². The van der Waals surface area contributed by atoms with Crippen LogP contribution < -0.4 is 10.1 Å². The second-order valence-corrected chi connectivity index (χ2v) is 4.35. The van der Waals surface area contributed by atoms with Crippen LogP contribution in [0.4, 0.5) is 0 Å². The van der Waals surface area contributed by atoms with Gasteiger partial charge in [-0.05, 0) is 30.5 Å². The molecule has 0 bridgehead atoms. The Kier molecular flexibility index (Phi) is 3.64. The SMILES string of the molecule is COc1cccc(C(CNC2CC2)C(=O)O)c1. The molecule has 0 aliphatic heterocycles. The van der Waals surface area contributed by atoms with Crippen LogP contribution in [0.5, 0.6) is 5.75 Å². The van der Waals surface area contributed by atoms with E-state index in [4.69, 9.17) is 4.74 Å². The van der Waals surface area contributed by atoms with Crippen LogP contribution >= 0.6 is 0 Å². The smallest absolute Gasteiger partial charge is 0.312 e. The van der Waals surface area contributed by atoms with Crippen molar-refractivity contribution < 1.29 is 14.6 Å². The molecule has 1 atom stereocenters. The monoisotopic (exact) mass is 235 g/mol. The van der Waals surface area contributed by atoms with Gasteiger partial charge in [-0.2, -0.15) is 0 Å². The minimum atomic E-state index is -0.800. The second-order valence-electron chi connectivity index (χ2n) is 4.35. The zero-order chi connectivity index (χ0) is 12.3. The van der Waals surface area contributed by atoms with Gasteiger partial charge >= 0.3 is 5.97 Å². The van der Waals surface area contributed by atoms with Crippen LogP contribution in [0.2, 0.25) is 0 Å². The molecular weight excluding hydrogens is 218 g/mol. The molecule has 1 aliphatic carbocycles. The lowest BCUT2D eigenvalue weighted by Gasteiger charge is -2.14. The van der Waals surface area contributed by atoms with Gasteiger partial charge in [0.05, 0.1) is 13.0 Å². The Morgan fingerprint density at radius 1 is 1.59 bits per heavy atom. The number of carboxylic acids is 1. The standard InChI is InChI=1S/C13H17NO3/c1-17-11-4-2-3-9(7-11)12(13(15)16)8-14-10-5-6-10/h2-4,7,10,12,14H,5-6,8H2,1H3,(H,15,16). The van der Waals surface area contributed by atoms with Crippen LogP contribution in [0.1, 0.15) is 24.3 Å². The first-order valence-corrected chi connectivity index (χ1v) is 5.81. The normalized spacial score (nSPS) is 16.5. The summed E-state index contributed by atoms with van der Waals surface area (Å²) in [5.41, 5.74) is 0.782. The second kappa shape index (κ2) is 5.19. The van der Waals surface area contributed by atoms with E-state index >= 15 is 0 Å². The van der Waals surface area contributed by atoms with E-state index in [1.54, 1.807) is 13.2 Å². The van der Waals surface area contributed by atoms with Crippen molar-refractivity contribution in [2.75, 3.05) is 13.7 Å². The first kappa shape index (κ1) is 11.9. The fraction of sp³-hybridized carbons (Fsp3) is 0.462. The van der Waals surface area contributed by atoms with Gasteiger partial charge in [0, 0.05) is 12.6 Å². The number of hydrogen-bond acceptors (Lipinski definition) is 3. The van der Waals surface area contributed by atoms with Crippen LogP contribution in [0.3, 0.4) is 0 Å². The summed E-state index contributed by atoms with van der Waals surface area (Å²) in [6, 6.07) is 7.77. The molecule has 4 nitrogen and oxygen atoms in total. The van der Waals surface area contributed by atoms with Gasteiger partial charge in [0.15, 0.2) is 0 Å². The van der Waals surface area contributed by atoms with Crippen molar-refractivity contribution >= 4 is 5.97 Å². The van der Waals surface area contributed by atoms with Crippen LogP contribution in [-0.4, -0.2) is 30.8 Å². The maximum absolute atomic E-state index is 11.3. The molecule has 0 heterocycles. The van der Waals surface area contributed by atoms with E-state index in [1.165, 1.54) is 0 Å². The third kappa shape index (κ3) is 3.20. The molecule has 1 fully saturated rings. The highest BCUT2D eigenvalue weighted by atomic mass is 16.5. The molecule has 1 aliphatic rings. The van der Waals surface area contributed by atoms with Crippen molar-refractivity contribution in [3.63, 3.8) is 0 Å². The molecule has 0 amide bonds. The molecule has 0 aromatic heterocycles. The van der Waals surface area contributed by atoms with E-state index in [0.29, 0.717) is 18.3 Å². The molecule has 1 unspecified atom stereocenters. The van der Waals surface area contributed by atoms with E-state index < -0.39 is 11.9 Å². The Hall–Kier alpha value is -1.55. The molecule has 0 saturated heterocycles. The van der Waals surface area contributed by atoms with E-state index in [1.807, 2.05) is 18.2 Å². The van der Waals surface area contributed by atoms with Crippen molar-refractivity contribution in [2.24, 2.45) is 0 Å². The summed E-state index contributed by atoms with van der Waals surface area (Å²) in [4.78, 5) is 11.3. The maximum Gasteiger partial charge on any atom is 0.312 e. The molecular formula is C13H17NO3. The highest BCUT2D eigenvalue weighted by molar-refractivity contribution is 5.76. The number of hydrogen-bond donors (Lipinski definition) is 2. The lowest BCUT2D eigenvalue weighted by molar-refractivity contribution is -0.138. The topological polar surface area (TPSA) is 58.6 Å². The molecule has 1 aromatic rings. The molecule has 4 heteroatoms. The van der Waals surface area contributed by atoms with Gasteiger partial charge in [0.1, 0.15) is 5.75 Å². The first-order chi connectivity index (χ1) is 8.20. The Labute approximate surface area is 101 Å². The number of methoxy groups -OCH3 is 1. The molecule has 1 aromatic carbocycles. The average molecular weight is 235 g/mol. The summed E-state index contributed by atoms with van der Waals surface area (Å²) in [7, 11) is 1.58. The summed E-state index contributed by atoms with van der Waals surface area (Å²) in [6.45, 7) is 0.479. The Morgan fingerprint density at radius 3 is 2.94 bits per heavy atom. The number of nitrogens with one attached hydrogen (secondary N) is 1. The Bertz CT molecular complexity index is 401. The number of rotatable bonds is 6. The summed E-state index contributed by atoms with van der Waals surface area (Å²) >= 11 is 0. The zero-order valence-electron chi connectivity index (χ0n) is 9.85. The lowest BCUT2D eigenvalue weighted by Crippen LogP contribution is -2.28. The quantitative estimate of drug-likeness (QED) is 0.786. The van der Waals surface area contributed by atoms with Gasteiger partial charge < -0.3 is 15.2 Å². The summed E-state index contributed by atoms with van der Waals surface area (Å²) < 4.78 is 5.11. The largest absolute Gasteiger partial charge is 0.497 e. The number of benzene rings is 1. The van der Waals surface area contributed by atoms with E-state index in [9.17, 15) is 9.90 Å². The maximum atomic E-state index is 11.3. The molecule has 2 rings (SSSR count). The van der Waals surface area contributed by atoms with Gasteiger partial charge in [0.25, 0.3) is 0 Å². The van der Waals surface area contributed by atoms with E-state index in [0.717, 1.165) is 18.4 Å². The highest BCUT2D eigenvalue weighted by Crippen LogP contribution is 2.23. The van der Waals surface area contributed by atoms with E-state index in [2.05, 4.69) is 5.32 Å². The predicted molar refractivity (Wildman–Crippen MR) is 64.4 cm³/mol. The van der Waals surface area contributed by atoms with Crippen molar-refractivity contribution in [3.8, 4) is 5.75 Å². The number of carboxylic acid groups (broad SMARTS) is 1. The summed E-state index contributed by atoms with van der Waals surface area (Å²) in [6.07, 6.45) is 2.31. The van der Waals surface area contributed by atoms with Crippen LogP contribution in [-0.2, 0) is 4.79 Å². The number of carbonyl (C=O) groups is 1. The molecule has 17 heavy (non-hydrogen) atoms. The molecule has 92 valence electrons. The Balaban J connectivity index is 2.09. The van der Waals surface area contributed by atoms with Gasteiger partial charge in [-0.25, -0.2) is 0 Å². The predicted octanol–water partition coefficient (Wildman–Crippen LogP) is 1.62. The number of aliphatic carboxylic acids is 1. The van der Waals surface area contributed by atoms with Crippen molar-refractivity contribution in [1.29, 1.82) is 0 Å². The zero-order valence-corrected chi connectivity index (χ0v) is 9.85. The summed E-state index contributed by atoms with van der Waals surface area (Å²) in [5, 5.41) is 12.5. The minimum Gasteiger partial charge on any atom is -0.497 e. The third-order valence-corrected chi connectivity index (χ3v) is 2.98.